The fourth-order valence-electron chi connectivity index (χ4n) is 2.77. The van der Waals surface area contributed by atoms with Crippen molar-refractivity contribution in [3.8, 4) is 0 Å². The van der Waals surface area contributed by atoms with Gasteiger partial charge in [-0.2, -0.15) is 9.93 Å². The molecule has 0 unspecified atom stereocenters. The summed E-state index contributed by atoms with van der Waals surface area (Å²) in [5.74, 6) is -1.21. The van der Waals surface area contributed by atoms with Crippen LogP contribution in [0.5, 0.6) is 0 Å². The zero-order valence-corrected chi connectivity index (χ0v) is 11.9. The van der Waals surface area contributed by atoms with E-state index in [9.17, 15) is 23.9 Å². The maximum absolute atomic E-state index is 14.1. The van der Waals surface area contributed by atoms with Gasteiger partial charge >= 0.3 is 0 Å². The second-order valence-electron chi connectivity index (χ2n) is 5.45. The van der Waals surface area contributed by atoms with Gasteiger partial charge in [-0.05, 0) is 11.4 Å². The van der Waals surface area contributed by atoms with Crippen LogP contribution in [-0.2, 0) is 9.68 Å². The lowest BCUT2D eigenvalue weighted by Crippen LogP contribution is -2.45. The van der Waals surface area contributed by atoms with E-state index in [-0.39, 0.29) is 11.6 Å². The number of aliphatic hydroxyl groups excluding tert-OH is 2. The van der Waals surface area contributed by atoms with Crippen LogP contribution in [0.2, 0.25) is 0 Å². The molecule has 4 atom stereocenters. The zero-order valence-electron chi connectivity index (χ0n) is 11.9. The number of fused-ring (bicyclic) bond motifs is 1. The van der Waals surface area contributed by atoms with Gasteiger partial charge in [0, 0.05) is 6.20 Å². The summed E-state index contributed by atoms with van der Waals surface area (Å²) in [4.78, 5) is 21.6. The van der Waals surface area contributed by atoms with Crippen molar-refractivity contribution in [1.82, 2.24) is 14.5 Å². The van der Waals surface area contributed by atoms with E-state index < -0.39 is 47.4 Å². The number of aromatic amines is 1. The molecule has 11 heteroatoms. The maximum Gasteiger partial charge on any atom is 0.264 e. The molecule has 2 aromatic heterocycles. The number of anilines is 1. The van der Waals surface area contributed by atoms with E-state index in [1.54, 1.807) is 0 Å². The van der Waals surface area contributed by atoms with Crippen LogP contribution < -0.4 is 11.3 Å². The molecule has 0 aromatic carbocycles. The Morgan fingerprint density at radius 1 is 1.65 bits per heavy atom. The van der Waals surface area contributed by atoms with E-state index in [1.165, 1.54) is 6.92 Å². The molecule has 0 saturated carbocycles. The zero-order chi connectivity index (χ0) is 16.9. The number of aromatic nitrogens is 3. The number of nitrogens with one attached hydrogen (secondary N) is 1. The van der Waals surface area contributed by atoms with Gasteiger partial charge in [-0.25, -0.2) is 4.39 Å². The van der Waals surface area contributed by atoms with Crippen LogP contribution in [0.15, 0.2) is 11.0 Å². The Hall–Kier alpha value is -2.08. The van der Waals surface area contributed by atoms with Gasteiger partial charge in [0.2, 0.25) is 5.95 Å². The van der Waals surface area contributed by atoms with Crippen molar-refractivity contribution in [2.24, 2.45) is 0 Å². The highest BCUT2D eigenvalue weighted by Crippen LogP contribution is 2.42. The summed E-state index contributed by atoms with van der Waals surface area (Å²) in [6.07, 6.45) is -3.23. The molecular formula is C12H14F2N4O5. The van der Waals surface area contributed by atoms with Gasteiger partial charge in [0.15, 0.2) is 23.3 Å². The highest BCUT2D eigenvalue weighted by atomic mass is 19.3. The van der Waals surface area contributed by atoms with Crippen LogP contribution in [0.4, 0.5) is 14.9 Å². The number of ether oxygens (including phenoxy) is 1. The number of halogens is 2. The van der Waals surface area contributed by atoms with E-state index in [4.69, 9.17) is 10.5 Å². The number of nitrogens with two attached hydrogens (primary N) is 1. The van der Waals surface area contributed by atoms with Crippen molar-refractivity contribution in [1.29, 1.82) is 0 Å². The van der Waals surface area contributed by atoms with Crippen molar-refractivity contribution < 1.29 is 28.8 Å². The second kappa shape index (κ2) is 5.23. The van der Waals surface area contributed by atoms with Crippen LogP contribution in [0.1, 0.15) is 13.2 Å². The minimum atomic E-state index is -1.95. The van der Waals surface area contributed by atoms with Gasteiger partial charge in [0.05, 0.1) is 6.61 Å². The summed E-state index contributed by atoms with van der Waals surface area (Å²) in [5.41, 5.74) is 2.47. The van der Waals surface area contributed by atoms with E-state index in [0.717, 1.165) is 10.8 Å². The Balaban J connectivity index is 2.22. The first kappa shape index (κ1) is 15.8. The number of nitrogens with zero attached hydrogens (tertiary/aromatic N) is 2. The Kier molecular flexibility index (Phi) is 3.59. The highest BCUT2D eigenvalue weighted by Gasteiger charge is 2.57. The minimum Gasteiger partial charge on any atom is -0.394 e. The normalized spacial score (nSPS) is 31.1. The summed E-state index contributed by atoms with van der Waals surface area (Å²) in [7, 11) is 0. The molecule has 1 aliphatic rings. The fourth-order valence-corrected chi connectivity index (χ4v) is 2.77. The summed E-state index contributed by atoms with van der Waals surface area (Å²) in [5, 5.41) is 18.9. The van der Waals surface area contributed by atoms with Crippen molar-refractivity contribution in [2.45, 2.75) is 31.0 Å². The Labute approximate surface area is 127 Å². The molecule has 126 valence electrons. The number of rotatable bonds is 3. The van der Waals surface area contributed by atoms with Crippen LogP contribution in [0.3, 0.4) is 0 Å². The molecular weight excluding hydrogens is 318 g/mol. The number of hydrogen-bond acceptors (Lipinski definition) is 7. The minimum absolute atomic E-state index is 0.206. The molecule has 0 bridgehead atoms. The molecule has 2 aromatic rings. The van der Waals surface area contributed by atoms with E-state index in [0.29, 0.717) is 0 Å². The summed E-state index contributed by atoms with van der Waals surface area (Å²) in [6, 6.07) is 0. The predicted octanol–water partition coefficient (Wildman–Crippen LogP) is -0.644. The molecule has 9 nitrogen and oxygen atoms in total. The predicted molar refractivity (Wildman–Crippen MR) is 72.3 cm³/mol. The number of hydrogen-bond donors (Lipinski definition) is 4. The fraction of sp³-hybridized carbons (Fsp3) is 0.500. The van der Waals surface area contributed by atoms with Crippen LogP contribution >= 0.6 is 0 Å². The smallest absolute Gasteiger partial charge is 0.264 e. The molecule has 0 radical (unpaired) electrons. The molecule has 1 fully saturated rings. The molecule has 3 heterocycles. The topological polar surface area (TPSA) is 136 Å². The summed E-state index contributed by atoms with van der Waals surface area (Å²) in [6.45, 7) is 0.562. The third kappa shape index (κ3) is 2.12. The lowest BCUT2D eigenvalue weighted by molar-refractivity contribution is -0.275. The standard InChI is InChI=1S/C12H14F2N4O5/c1-12(23-14)7(20)5(3-19)22-10(12)18-2-4(13)6-8(18)16-11(15)17-9(6)21/h2,5,7,10,19-20H,3H2,1H3,(H3,15,16,17,21)/t5-,7-,10-,12-/m1/s1. The molecule has 0 aliphatic carbocycles. The van der Waals surface area contributed by atoms with Crippen LogP contribution in [0, 0.1) is 5.82 Å². The lowest BCUT2D eigenvalue weighted by Gasteiger charge is -2.28. The average molecular weight is 332 g/mol. The Bertz CT molecular complexity index is 809. The van der Waals surface area contributed by atoms with Crippen molar-refractivity contribution in [2.75, 3.05) is 12.3 Å². The molecule has 5 N–H and O–H groups in total. The van der Waals surface area contributed by atoms with E-state index in [2.05, 4.69) is 14.9 Å². The second-order valence-corrected chi connectivity index (χ2v) is 5.45. The molecule has 1 aliphatic heterocycles. The van der Waals surface area contributed by atoms with Crippen LogP contribution in [-0.4, -0.2) is 49.2 Å². The van der Waals surface area contributed by atoms with Crippen molar-refractivity contribution in [3.63, 3.8) is 0 Å². The summed E-state index contributed by atoms with van der Waals surface area (Å²) < 4.78 is 33.5. The van der Waals surface area contributed by atoms with Crippen molar-refractivity contribution in [3.05, 3.63) is 22.4 Å². The monoisotopic (exact) mass is 332 g/mol. The highest BCUT2D eigenvalue weighted by molar-refractivity contribution is 5.77. The van der Waals surface area contributed by atoms with Crippen molar-refractivity contribution >= 4 is 17.0 Å². The number of H-pyrrole nitrogens is 1. The quantitative estimate of drug-likeness (QED) is 0.587. The number of nitrogen functional groups attached to an aromatic ring is 1. The molecule has 1 saturated heterocycles. The SMILES string of the molecule is C[C@@]1(OF)[C@H](O)[C@@H](CO)O[C@H]1n1cc(F)c2c(=O)[nH]c(N)nc21. The van der Waals surface area contributed by atoms with Gasteiger partial charge in [-0.1, -0.05) is 0 Å². The third-order valence-electron chi connectivity index (χ3n) is 3.99. The first-order valence-electron chi connectivity index (χ1n) is 6.63. The van der Waals surface area contributed by atoms with Gasteiger partial charge < -0.3 is 20.7 Å². The Morgan fingerprint density at radius 2 is 2.35 bits per heavy atom. The Morgan fingerprint density at radius 3 is 2.96 bits per heavy atom. The first-order valence-corrected chi connectivity index (χ1v) is 6.63. The van der Waals surface area contributed by atoms with Gasteiger partial charge in [-0.15, -0.1) is 0 Å². The lowest BCUT2D eigenvalue weighted by atomic mass is 9.96. The van der Waals surface area contributed by atoms with E-state index >= 15 is 0 Å². The largest absolute Gasteiger partial charge is 0.394 e. The third-order valence-corrected chi connectivity index (χ3v) is 3.99. The molecule has 0 amide bonds. The van der Waals surface area contributed by atoms with Crippen LogP contribution in [0.25, 0.3) is 11.0 Å². The van der Waals surface area contributed by atoms with E-state index in [1.807, 2.05) is 0 Å². The number of aliphatic hydroxyl groups is 2. The van der Waals surface area contributed by atoms with Gasteiger partial charge in [0.25, 0.3) is 5.56 Å². The first-order chi connectivity index (χ1) is 10.8. The average Bonchev–Trinajstić information content (AvgIpc) is 2.95. The molecule has 0 spiro atoms. The maximum atomic E-state index is 14.1. The summed E-state index contributed by atoms with van der Waals surface area (Å²) >= 11 is 0. The molecule has 3 rings (SSSR count). The van der Waals surface area contributed by atoms with Gasteiger partial charge in [0.1, 0.15) is 17.6 Å². The van der Waals surface area contributed by atoms with Gasteiger partial charge in [-0.3, -0.25) is 14.3 Å². The molecule has 23 heavy (non-hydrogen) atoms.